The minimum Gasteiger partial charge on any atom is -0.363 e. The lowest BCUT2D eigenvalue weighted by atomic mass is 10.00. The molecule has 0 aromatic heterocycles. The van der Waals surface area contributed by atoms with Crippen LogP contribution in [0.25, 0.3) is 0 Å². The standard InChI is InChI=1S/C19H36F2O/c1-4-5-6-7-8-9-12-15-19(20,21)18-17(22-18)14-11-10-13-16(2)3/h16-18H,4-15H2,1-3H3/t17-,18-/m0/s1. The van der Waals surface area contributed by atoms with Crippen molar-refractivity contribution in [2.45, 2.75) is 116 Å². The molecule has 0 aliphatic carbocycles. The molecule has 3 heteroatoms. The summed E-state index contributed by atoms with van der Waals surface area (Å²) in [6.45, 7) is 6.59. The van der Waals surface area contributed by atoms with Crippen molar-refractivity contribution in [1.82, 2.24) is 0 Å². The zero-order valence-electron chi connectivity index (χ0n) is 14.9. The van der Waals surface area contributed by atoms with Gasteiger partial charge in [-0.2, -0.15) is 0 Å². The summed E-state index contributed by atoms with van der Waals surface area (Å²) in [4.78, 5) is 0. The van der Waals surface area contributed by atoms with E-state index in [2.05, 4.69) is 20.8 Å². The highest BCUT2D eigenvalue weighted by molar-refractivity contribution is 4.95. The molecule has 1 rings (SSSR count). The second kappa shape index (κ2) is 10.6. The SMILES string of the molecule is CCCCCCCCCC(F)(F)[C@H]1O[C@H]1CCCCC(C)C. The lowest BCUT2D eigenvalue weighted by molar-refractivity contribution is -0.0360. The molecular weight excluding hydrogens is 282 g/mol. The van der Waals surface area contributed by atoms with Crippen LogP contribution in [-0.2, 0) is 4.74 Å². The topological polar surface area (TPSA) is 12.5 Å². The third kappa shape index (κ3) is 8.45. The van der Waals surface area contributed by atoms with E-state index in [0.717, 1.165) is 32.1 Å². The van der Waals surface area contributed by atoms with Gasteiger partial charge in [0, 0.05) is 6.42 Å². The Morgan fingerprint density at radius 1 is 0.909 bits per heavy atom. The highest BCUT2D eigenvalue weighted by Gasteiger charge is 2.55. The van der Waals surface area contributed by atoms with Gasteiger partial charge in [-0.1, -0.05) is 78.6 Å². The number of unbranched alkanes of at least 4 members (excludes halogenated alkanes) is 7. The van der Waals surface area contributed by atoms with E-state index in [1.54, 1.807) is 0 Å². The summed E-state index contributed by atoms with van der Waals surface area (Å²) in [5.74, 6) is -1.90. The normalized spacial score (nSPS) is 21.5. The van der Waals surface area contributed by atoms with Crippen molar-refractivity contribution < 1.29 is 13.5 Å². The molecule has 0 radical (unpaired) electrons. The van der Waals surface area contributed by atoms with Crippen LogP contribution < -0.4 is 0 Å². The fraction of sp³-hybridized carbons (Fsp3) is 1.00. The molecule has 1 heterocycles. The summed E-state index contributed by atoms with van der Waals surface area (Å²) in [7, 11) is 0. The van der Waals surface area contributed by atoms with Gasteiger partial charge < -0.3 is 4.74 Å². The molecule has 0 aromatic carbocycles. The fourth-order valence-electron chi connectivity index (χ4n) is 3.09. The van der Waals surface area contributed by atoms with Crippen LogP contribution in [0.5, 0.6) is 0 Å². The van der Waals surface area contributed by atoms with Crippen molar-refractivity contribution in [3.63, 3.8) is 0 Å². The molecule has 0 bridgehead atoms. The first-order valence-corrected chi connectivity index (χ1v) is 9.50. The van der Waals surface area contributed by atoms with E-state index in [9.17, 15) is 8.78 Å². The lowest BCUT2D eigenvalue weighted by Gasteiger charge is -2.13. The Morgan fingerprint density at radius 3 is 2.18 bits per heavy atom. The maximum atomic E-state index is 14.0. The van der Waals surface area contributed by atoms with Gasteiger partial charge in [-0.25, -0.2) is 8.78 Å². The molecule has 0 spiro atoms. The van der Waals surface area contributed by atoms with Gasteiger partial charge >= 0.3 is 0 Å². The van der Waals surface area contributed by atoms with Crippen molar-refractivity contribution in [2.24, 2.45) is 5.92 Å². The minimum atomic E-state index is -2.61. The zero-order chi connectivity index (χ0) is 16.4. The van der Waals surface area contributed by atoms with E-state index in [4.69, 9.17) is 4.74 Å². The summed E-state index contributed by atoms with van der Waals surface area (Å²) in [6, 6.07) is 0. The molecule has 1 saturated heterocycles. The molecule has 1 fully saturated rings. The van der Waals surface area contributed by atoms with Gasteiger partial charge in [0.2, 0.25) is 0 Å². The van der Waals surface area contributed by atoms with Crippen LogP contribution in [0.1, 0.15) is 97.8 Å². The molecule has 2 atom stereocenters. The molecule has 1 aliphatic rings. The summed E-state index contributed by atoms with van der Waals surface area (Å²) in [5.41, 5.74) is 0. The summed E-state index contributed by atoms with van der Waals surface area (Å²) in [5, 5.41) is 0. The van der Waals surface area contributed by atoms with E-state index in [1.807, 2.05) is 0 Å². The highest BCUT2D eigenvalue weighted by Crippen LogP contribution is 2.42. The molecular formula is C19H36F2O. The number of hydrogen-bond donors (Lipinski definition) is 0. The third-order valence-electron chi connectivity index (χ3n) is 4.63. The van der Waals surface area contributed by atoms with Gasteiger partial charge in [0.25, 0.3) is 5.92 Å². The minimum absolute atomic E-state index is 0.00788. The van der Waals surface area contributed by atoms with Crippen LogP contribution in [0.2, 0.25) is 0 Å². The first kappa shape index (κ1) is 19.9. The van der Waals surface area contributed by atoms with Gasteiger partial charge in [-0.3, -0.25) is 0 Å². The molecule has 0 aromatic rings. The van der Waals surface area contributed by atoms with Crippen LogP contribution in [-0.4, -0.2) is 18.1 Å². The molecule has 1 aliphatic heterocycles. The van der Waals surface area contributed by atoms with E-state index in [0.29, 0.717) is 12.3 Å². The maximum absolute atomic E-state index is 14.0. The smallest absolute Gasteiger partial charge is 0.276 e. The van der Waals surface area contributed by atoms with Crippen LogP contribution in [0.4, 0.5) is 8.78 Å². The number of epoxide rings is 1. The van der Waals surface area contributed by atoms with Gasteiger partial charge in [0.15, 0.2) is 0 Å². The molecule has 22 heavy (non-hydrogen) atoms. The van der Waals surface area contributed by atoms with Crippen molar-refractivity contribution in [2.75, 3.05) is 0 Å². The van der Waals surface area contributed by atoms with Gasteiger partial charge in [-0.05, 0) is 18.8 Å². The molecule has 0 saturated carbocycles. The first-order valence-electron chi connectivity index (χ1n) is 9.50. The number of halogens is 2. The van der Waals surface area contributed by atoms with Crippen LogP contribution in [0, 0.1) is 5.92 Å². The van der Waals surface area contributed by atoms with E-state index >= 15 is 0 Å². The summed E-state index contributed by atoms with van der Waals surface area (Å²) < 4.78 is 33.3. The lowest BCUT2D eigenvalue weighted by Crippen LogP contribution is -2.25. The zero-order valence-corrected chi connectivity index (χ0v) is 14.9. The Balaban J connectivity index is 2.02. The first-order chi connectivity index (χ1) is 10.5. The fourth-order valence-corrected chi connectivity index (χ4v) is 3.09. The van der Waals surface area contributed by atoms with Crippen molar-refractivity contribution in [1.29, 1.82) is 0 Å². The van der Waals surface area contributed by atoms with Crippen molar-refractivity contribution in [3.8, 4) is 0 Å². The Labute approximate surface area is 136 Å². The van der Waals surface area contributed by atoms with Crippen LogP contribution in [0.15, 0.2) is 0 Å². The third-order valence-corrected chi connectivity index (χ3v) is 4.63. The Morgan fingerprint density at radius 2 is 1.55 bits per heavy atom. The number of ether oxygens (including phenoxy) is 1. The Bertz CT molecular complexity index is 279. The largest absolute Gasteiger partial charge is 0.363 e. The van der Waals surface area contributed by atoms with Gasteiger partial charge in [0.05, 0.1) is 6.10 Å². The summed E-state index contributed by atoms with van der Waals surface area (Å²) in [6.07, 6.45) is 10.8. The van der Waals surface area contributed by atoms with Gasteiger partial charge in [-0.15, -0.1) is 0 Å². The maximum Gasteiger partial charge on any atom is 0.276 e. The second-order valence-electron chi connectivity index (χ2n) is 7.41. The number of rotatable bonds is 14. The van der Waals surface area contributed by atoms with E-state index in [1.165, 1.54) is 32.1 Å². The average molecular weight is 318 g/mol. The molecule has 132 valence electrons. The number of alkyl halides is 2. The Kier molecular flexibility index (Phi) is 9.54. The van der Waals surface area contributed by atoms with Crippen molar-refractivity contribution in [3.05, 3.63) is 0 Å². The number of hydrogen-bond acceptors (Lipinski definition) is 1. The summed E-state index contributed by atoms with van der Waals surface area (Å²) >= 11 is 0. The highest BCUT2D eigenvalue weighted by atomic mass is 19.3. The second-order valence-corrected chi connectivity index (χ2v) is 7.41. The molecule has 0 amide bonds. The molecule has 0 unspecified atom stereocenters. The van der Waals surface area contributed by atoms with Crippen LogP contribution >= 0.6 is 0 Å². The van der Waals surface area contributed by atoms with Crippen molar-refractivity contribution >= 4 is 0 Å². The average Bonchev–Trinajstić information content (AvgIpc) is 3.23. The van der Waals surface area contributed by atoms with E-state index in [-0.39, 0.29) is 12.5 Å². The quantitative estimate of drug-likeness (QED) is 0.255. The monoisotopic (exact) mass is 318 g/mol. The molecule has 0 N–H and O–H groups in total. The van der Waals surface area contributed by atoms with Crippen LogP contribution in [0.3, 0.4) is 0 Å². The van der Waals surface area contributed by atoms with E-state index < -0.39 is 12.0 Å². The molecule has 1 nitrogen and oxygen atoms in total. The predicted molar refractivity (Wildman–Crippen MR) is 89.5 cm³/mol. The Hall–Kier alpha value is -0.180. The van der Waals surface area contributed by atoms with Gasteiger partial charge in [0.1, 0.15) is 6.10 Å². The predicted octanol–water partition coefficient (Wildman–Crippen LogP) is 6.75.